The van der Waals surface area contributed by atoms with Crippen molar-refractivity contribution >= 4 is 22.6 Å². The monoisotopic (exact) mass is 270 g/mol. The molecule has 4 nitrogen and oxygen atoms in total. The summed E-state index contributed by atoms with van der Waals surface area (Å²) < 4.78 is 2.28. The van der Waals surface area contributed by atoms with E-state index in [0.717, 1.165) is 22.9 Å². The second-order valence-electron chi connectivity index (χ2n) is 5.70. The van der Waals surface area contributed by atoms with E-state index < -0.39 is 5.91 Å². The first-order chi connectivity index (χ1) is 9.49. The van der Waals surface area contributed by atoms with E-state index in [1.165, 1.54) is 5.69 Å². The first-order valence-corrected chi connectivity index (χ1v) is 6.96. The molecule has 0 aliphatic heterocycles. The Kier molecular flexibility index (Phi) is 2.89. The summed E-state index contributed by atoms with van der Waals surface area (Å²) in [6.45, 7) is 4.27. The molecular weight excluding hydrogens is 252 g/mol. The van der Waals surface area contributed by atoms with Gasteiger partial charge in [-0.15, -0.1) is 0 Å². The Morgan fingerprint density at radius 3 is 2.70 bits per heavy atom. The fourth-order valence-corrected chi connectivity index (χ4v) is 3.19. The molecule has 0 unspecified atom stereocenters. The summed E-state index contributed by atoms with van der Waals surface area (Å²) in [4.78, 5) is 23.1. The molecule has 4 heteroatoms. The molecular formula is C16H18N2O2. The Morgan fingerprint density at radius 1 is 1.30 bits per heavy atom. The Balaban J connectivity index is 2.34. The van der Waals surface area contributed by atoms with Crippen LogP contribution in [0.15, 0.2) is 18.2 Å². The van der Waals surface area contributed by atoms with Gasteiger partial charge in [-0.2, -0.15) is 0 Å². The van der Waals surface area contributed by atoms with Gasteiger partial charge in [-0.1, -0.05) is 0 Å². The Labute approximate surface area is 117 Å². The number of Topliss-reactive ketones (excluding diaryl/α,β-unsaturated/α-hetero) is 1. The maximum atomic E-state index is 11.8. The van der Waals surface area contributed by atoms with Gasteiger partial charge in [-0.3, -0.25) is 9.59 Å². The average Bonchev–Trinajstić information content (AvgIpc) is 2.71. The third-order valence-corrected chi connectivity index (χ3v) is 4.04. The molecule has 1 aliphatic rings. The van der Waals surface area contributed by atoms with Crippen LogP contribution in [0.25, 0.3) is 10.9 Å². The van der Waals surface area contributed by atoms with E-state index in [-0.39, 0.29) is 5.78 Å². The summed E-state index contributed by atoms with van der Waals surface area (Å²) >= 11 is 0. The van der Waals surface area contributed by atoms with Crippen LogP contribution in [0.5, 0.6) is 0 Å². The van der Waals surface area contributed by atoms with Crippen molar-refractivity contribution in [2.45, 2.75) is 39.2 Å². The standard InChI is InChI=1S/C16H18N2O2/c1-9(2)18-14-5-3-10(16(17)20)7-12(14)13-8-11(19)4-6-15(13)18/h3,5,7,9H,4,6,8H2,1-2H3,(H2,17,20). The lowest BCUT2D eigenvalue weighted by Crippen LogP contribution is -2.16. The van der Waals surface area contributed by atoms with E-state index in [2.05, 4.69) is 18.4 Å². The highest BCUT2D eigenvalue weighted by atomic mass is 16.1. The van der Waals surface area contributed by atoms with Gasteiger partial charge in [0.15, 0.2) is 0 Å². The van der Waals surface area contributed by atoms with Gasteiger partial charge < -0.3 is 10.3 Å². The van der Waals surface area contributed by atoms with Crippen molar-refractivity contribution in [1.29, 1.82) is 0 Å². The van der Waals surface area contributed by atoms with Crippen molar-refractivity contribution < 1.29 is 9.59 Å². The third kappa shape index (κ3) is 1.83. The number of carbonyl (C=O) groups is 2. The van der Waals surface area contributed by atoms with Crippen molar-refractivity contribution in [1.82, 2.24) is 4.57 Å². The molecule has 0 spiro atoms. The molecule has 1 aliphatic carbocycles. The van der Waals surface area contributed by atoms with Gasteiger partial charge in [0.05, 0.1) is 0 Å². The first kappa shape index (κ1) is 12.9. The summed E-state index contributed by atoms with van der Waals surface area (Å²) in [6.07, 6.45) is 1.86. The second-order valence-corrected chi connectivity index (χ2v) is 5.70. The normalized spacial score (nSPS) is 14.8. The minimum absolute atomic E-state index is 0.268. The number of primary amides is 1. The summed E-state index contributed by atoms with van der Waals surface area (Å²) in [6, 6.07) is 5.86. The molecule has 1 amide bonds. The number of rotatable bonds is 2. The SMILES string of the molecule is CC(C)n1c2c(c3cc(C(N)=O)ccc31)CC(=O)CC2. The van der Waals surface area contributed by atoms with Crippen LogP contribution in [-0.2, 0) is 17.6 Å². The number of hydrogen-bond donors (Lipinski definition) is 1. The zero-order valence-electron chi connectivity index (χ0n) is 11.8. The number of aromatic nitrogens is 1. The Morgan fingerprint density at radius 2 is 2.05 bits per heavy atom. The maximum Gasteiger partial charge on any atom is 0.248 e. The summed E-state index contributed by atoms with van der Waals surface area (Å²) in [5, 5.41) is 0.998. The van der Waals surface area contributed by atoms with Crippen molar-refractivity contribution in [3.05, 3.63) is 35.0 Å². The topological polar surface area (TPSA) is 65.1 Å². The van der Waals surface area contributed by atoms with Crippen molar-refractivity contribution in [2.24, 2.45) is 5.73 Å². The zero-order valence-corrected chi connectivity index (χ0v) is 11.8. The predicted molar refractivity (Wildman–Crippen MR) is 77.9 cm³/mol. The summed E-state index contributed by atoms with van der Waals surface area (Å²) in [5.41, 5.74) is 9.26. The quantitative estimate of drug-likeness (QED) is 0.910. The van der Waals surface area contributed by atoms with Gasteiger partial charge >= 0.3 is 0 Å². The van der Waals surface area contributed by atoms with Crippen LogP contribution in [0.1, 0.15) is 47.9 Å². The van der Waals surface area contributed by atoms with Gasteiger partial charge in [0, 0.05) is 41.0 Å². The minimum atomic E-state index is -0.430. The molecule has 104 valence electrons. The van der Waals surface area contributed by atoms with Gasteiger partial charge in [0.1, 0.15) is 5.78 Å². The summed E-state index contributed by atoms with van der Waals surface area (Å²) in [5.74, 6) is -0.162. The molecule has 3 rings (SSSR count). The second kappa shape index (κ2) is 4.47. The lowest BCUT2D eigenvalue weighted by Gasteiger charge is -2.18. The smallest absolute Gasteiger partial charge is 0.248 e. The van der Waals surface area contributed by atoms with Crippen molar-refractivity contribution in [3.63, 3.8) is 0 Å². The maximum absolute atomic E-state index is 11.8. The molecule has 0 atom stereocenters. The predicted octanol–water partition coefficient (Wildman–Crippen LogP) is 2.38. The zero-order chi connectivity index (χ0) is 14.4. The van der Waals surface area contributed by atoms with E-state index in [1.54, 1.807) is 6.07 Å². The number of benzene rings is 1. The average molecular weight is 270 g/mol. The highest BCUT2D eigenvalue weighted by Gasteiger charge is 2.25. The van der Waals surface area contributed by atoms with Crippen LogP contribution in [-0.4, -0.2) is 16.3 Å². The van der Waals surface area contributed by atoms with E-state index in [4.69, 9.17) is 5.73 Å². The van der Waals surface area contributed by atoms with Gasteiger partial charge in [-0.05, 0) is 44.0 Å². The Bertz CT molecular complexity index is 726. The first-order valence-electron chi connectivity index (χ1n) is 6.96. The van der Waals surface area contributed by atoms with Crippen LogP contribution < -0.4 is 5.73 Å². The van der Waals surface area contributed by atoms with Crippen LogP contribution in [0, 0.1) is 0 Å². The number of hydrogen-bond acceptors (Lipinski definition) is 2. The highest BCUT2D eigenvalue weighted by molar-refractivity contribution is 6.00. The van der Waals surface area contributed by atoms with Gasteiger partial charge in [0.25, 0.3) is 0 Å². The van der Waals surface area contributed by atoms with Crippen molar-refractivity contribution in [3.8, 4) is 0 Å². The number of carbonyl (C=O) groups excluding carboxylic acids is 2. The van der Waals surface area contributed by atoms with Crippen LogP contribution in [0.2, 0.25) is 0 Å². The lowest BCUT2D eigenvalue weighted by atomic mass is 9.94. The molecule has 0 saturated carbocycles. The lowest BCUT2D eigenvalue weighted by molar-refractivity contribution is -0.118. The molecule has 2 aromatic rings. The van der Waals surface area contributed by atoms with Gasteiger partial charge in [-0.25, -0.2) is 0 Å². The van der Waals surface area contributed by atoms with E-state index in [9.17, 15) is 9.59 Å². The molecule has 1 aromatic heterocycles. The fraction of sp³-hybridized carbons (Fsp3) is 0.375. The largest absolute Gasteiger partial charge is 0.366 e. The molecule has 2 N–H and O–H groups in total. The highest BCUT2D eigenvalue weighted by Crippen LogP contribution is 2.34. The summed E-state index contributed by atoms with van der Waals surface area (Å²) in [7, 11) is 0. The number of nitrogens with zero attached hydrogens (tertiary/aromatic N) is 1. The van der Waals surface area contributed by atoms with Crippen molar-refractivity contribution in [2.75, 3.05) is 0 Å². The number of ketones is 1. The van der Waals surface area contributed by atoms with E-state index >= 15 is 0 Å². The molecule has 1 aromatic carbocycles. The van der Waals surface area contributed by atoms with Gasteiger partial charge in [0.2, 0.25) is 5.91 Å². The Hall–Kier alpha value is -2.10. The molecule has 0 radical (unpaired) electrons. The molecule has 1 heterocycles. The number of amides is 1. The third-order valence-electron chi connectivity index (χ3n) is 4.04. The van der Waals surface area contributed by atoms with E-state index in [0.29, 0.717) is 24.4 Å². The van der Waals surface area contributed by atoms with E-state index in [1.807, 2.05) is 12.1 Å². The fourth-order valence-electron chi connectivity index (χ4n) is 3.19. The molecule has 0 bridgehead atoms. The number of nitrogens with two attached hydrogens (primary N) is 1. The molecule has 0 fully saturated rings. The minimum Gasteiger partial charge on any atom is -0.366 e. The van der Waals surface area contributed by atoms with Crippen LogP contribution in [0.3, 0.4) is 0 Å². The molecule has 20 heavy (non-hydrogen) atoms. The number of fused-ring (bicyclic) bond motifs is 3. The van der Waals surface area contributed by atoms with Crippen LogP contribution in [0.4, 0.5) is 0 Å². The van der Waals surface area contributed by atoms with Crippen LogP contribution >= 0.6 is 0 Å². The molecule has 0 saturated heterocycles.